The van der Waals surface area contributed by atoms with Crippen LogP contribution < -0.4 is 15.8 Å². The zero-order valence-corrected chi connectivity index (χ0v) is 13.3. The maximum absolute atomic E-state index is 13.1. The fraction of sp³-hybridized carbons (Fsp3) is 0.533. The van der Waals surface area contributed by atoms with Gasteiger partial charge in [-0.2, -0.15) is 0 Å². The number of nitrogens with two attached hydrogens (primary N) is 1. The molecule has 3 N–H and O–H groups in total. The smallest absolute Gasteiger partial charge is 0.237 e. The van der Waals surface area contributed by atoms with Crippen molar-refractivity contribution in [2.24, 2.45) is 5.73 Å². The summed E-state index contributed by atoms with van der Waals surface area (Å²) in [6.07, 6.45) is 2.04. The van der Waals surface area contributed by atoms with E-state index < -0.39 is 6.04 Å². The van der Waals surface area contributed by atoms with Gasteiger partial charge in [-0.25, -0.2) is 4.39 Å². The predicted molar refractivity (Wildman–Crippen MR) is 84.2 cm³/mol. The minimum Gasteiger partial charge on any atom is -0.489 e. The Morgan fingerprint density at radius 2 is 2.14 bits per heavy atom. The van der Waals surface area contributed by atoms with Crippen LogP contribution in [0.5, 0.6) is 5.75 Å². The van der Waals surface area contributed by atoms with Gasteiger partial charge in [-0.3, -0.25) is 4.79 Å². The molecule has 0 heterocycles. The highest BCUT2D eigenvalue weighted by atomic mass is 35.5. The van der Waals surface area contributed by atoms with E-state index in [1.54, 1.807) is 12.1 Å². The van der Waals surface area contributed by atoms with Crippen molar-refractivity contribution in [2.45, 2.75) is 45.3 Å². The van der Waals surface area contributed by atoms with Crippen molar-refractivity contribution in [1.29, 1.82) is 0 Å². The van der Waals surface area contributed by atoms with Crippen molar-refractivity contribution in [3.8, 4) is 5.75 Å². The minimum atomic E-state index is -0.480. The zero-order valence-electron chi connectivity index (χ0n) is 12.5. The molecule has 0 saturated heterocycles. The van der Waals surface area contributed by atoms with Crippen LogP contribution in [0.15, 0.2) is 24.3 Å². The van der Waals surface area contributed by atoms with E-state index in [-0.39, 0.29) is 30.2 Å². The molecule has 1 rings (SSSR count). The summed E-state index contributed by atoms with van der Waals surface area (Å²) >= 11 is 0. The highest BCUT2D eigenvalue weighted by Gasteiger charge is 2.15. The van der Waals surface area contributed by atoms with Crippen molar-refractivity contribution in [1.82, 2.24) is 5.32 Å². The number of carbonyl (C=O) groups excluding carboxylic acids is 1. The van der Waals surface area contributed by atoms with Crippen LogP contribution in [0.2, 0.25) is 0 Å². The summed E-state index contributed by atoms with van der Waals surface area (Å²) in [6.45, 7) is 4.29. The van der Waals surface area contributed by atoms with E-state index in [2.05, 4.69) is 5.32 Å². The van der Waals surface area contributed by atoms with Gasteiger partial charge in [0, 0.05) is 6.07 Å². The fourth-order valence-corrected chi connectivity index (χ4v) is 1.79. The molecular weight excluding hydrogens is 295 g/mol. The van der Waals surface area contributed by atoms with Gasteiger partial charge in [0.1, 0.15) is 17.7 Å². The molecule has 0 bridgehead atoms. The van der Waals surface area contributed by atoms with E-state index in [0.29, 0.717) is 25.1 Å². The minimum absolute atomic E-state index is 0. The van der Waals surface area contributed by atoms with Crippen LogP contribution in [0.3, 0.4) is 0 Å². The average Bonchev–Trinajstić information content (AvgIpc) is 2.43. The molecule has 0 fully saturated rings. The second kappa shape index (κ2) is 10.4. The SMILES string of the molecule is CCCC(N)C(=O)NCC(CC)Oc1cccc(F)c1.Cl. The predicted octanol–water partition coefficient (Wildman–Crippen LogP) is 2.65. The fourth-order valence-electron chi connectivity index (χ4n) is 1.79. The summed E-state index contributed by atoms with van der Waals surface area (Å²) in [5.41, 5.74) is 5.73. The summed E-state index contributed by atoms with van der Waals surface area (Å²) in [6, 6.07) is 5.49. The van der Waals surface area contributed by atoms with Crippen molar-refractivity contribution in [3.63, 3.8) is 0 Å². The van der Waals surface area contributed by atoms with E-state index in [0.717, 1.165) is 6.42 Å². The number of benzene rings is 1. The molecule has 2 unspecified atom stereocenters. The van der Waals surface area contributed by atoms with Gasteiger partial charge in [-0.1, -0.05) is 26.3 Å². The first-order valence-corrected chi connectivity index (χ1v) is 7.02. The third-order valence-corrected chi connectivity index (χ3v) is 2.99. The number of ether oxygens (including phenoxy) is 1. The molecule has 0 aliphatic heterocycles. The van der Waals surface area contributed by atoms with Gasteiger partial charge in [0.05, 0.1) is 12.6 Å². The Morgan fingerprint density at radius 3 is 2.71 bits per heavy atom. The lowest BCUT2D eigenvalue weighted by Crippen LogP contribution is -2.44. The molecule has 0 aromatic heterocycles. The molecule has 6 heteroatoms. The maximum atomic E-state index is 13.1. The summed E-state index contributed by atoms with van der Waals surface area (Å²) < 4.78 is 18.7. The first-order chi connectivity index (χ1) is 9.56. The molecule has 2 atom stereocenters. The number of halogens is 2. The van der Waals surface area contributed by atoms with Crippen LogP contribution in [0.25, 0.3) is 0 Å². The van der Waals surface area contributed by atoms with Gasteiger partial charge in [0.15, 0.2) is 0 Å². The second-order valence-electron chi connectivity index (χ2n) is 4.75. The Balaban J connectivity index is 0.00000400. The van der Waals surface area contributed by atoms with Crippen LogP contribution in [-0.4, -0.2) is 24.6 Å². The van der Waals surface area contributed by atoms with E-state index >= 15 is 0 Å². The first kappa shape index (κ1) is 19.7. The molecule has 120 valence electrons. The monoisotopic (exact) mass is 318 g/mol. The molecule has 21 heavy (non-hydrogen) atoms. The first-order valence-electron chi connectivity index (χ1n) is 7.02. The highest BCUT2D eigenvalue weighted by Crippen LogP contribution is 2.14. The van der Waals surface area contributed by atoms with Gasteiger partial charge in [0.25, 0.3) is 0 Å². The molecule has 1 aromatic carbocycles. The summed E-state index contributed by atoms with van der Waals surface area (Å²) in [7, 11) is 0. The molecule has 0 radical (unpaired) electrons. The normalized spacial score (nSPS) is 13.0. The van der Waals surface area contributed by atoms with Gasteiger partial charge < -0.3 is 15.8 Å². The molecular formula is C15H24ClFN2O2. The van der Waals surface area contributed by atoms with E-state index in [1.165, 1.54) is 12.1 Å². The summed E-state index contributed by atoms with van der Waals surface area (Å²) in [5.74, 6) is -0.0524. The molecule has 0 aliphatic rings. The van der Waals surface area contributed by atoms with E-state index in [4.69, 9.17) is 10.5 Å². The number of rotatable bonds is 8. The third-order valence-electron chi connectivity index (χ3n) is 2.99. The average molecular weight is 319 g/mol. The van der Waals surface area contributed by atoms with Crippen LogP contribution in [0.1, 0.15) is 33.1 Å². The Labute approximate surface area is 131 Å². The third kappa shape index (κ3) is 7.29. The largest absolute Gasteiger partial charge is 0.489 e. The quantitative estimate of drug-likeness (QED) is 0.774. The van der Waals surface area contributed by atoms with E-state index in [1.807, 2.05) is 13.8 Å². The van der Waals surface area contributed by atoms with Crippen LogP contribution in [0.4, 0.5) is 4.39 Å². The number of hydrogen-bond acceptors (Lipinski definition) is 3. The van der Waals surface area contributed by atoms with Gasteiger partial charge in [-0.15, -0.1) is 12.4 Å². The second-order valence-corrected chi connectivity index (χ2v) is 4.75. The van der Waals surface area contributed by atoms with Crippen LogP contribution in [-0.2, 0) is 4.79 Å². The van der Waals surface area contributed by atoms with Gasteiger partial charge in [-0.05, 0) is 25.0 Å². The Hall–Kier alpha value is -1.33. The number of nitrogens with one attached hydrogen (secondary N) is 1. The number of carbonyl (C=O) groups is 1. The molecule has 1 aromatic rings. The van der Waals surface area contributed by atoms with Crippen molar-refractivity contribution in [3.05, 3.63) is 30.1 Å². The molecule has 4 nitrogen and oxygen atoms in total. The number of amides is 1. The molecule has 0 spiro atoms. The van der Waals surface area contributed by atoms with Crippen LogP contribution in [0, 0.1) is 5.82 Å². The topological polar surface area (TPSA) is 64.4 Å². The van der Waals surface area contributed by atoms with E-state index in [9.17, 15) is 9.18 Å². The van der Waals surface area contributed by atoms with Gasteiger partial charge >= 0.3 is 0 Å². The van der Waals surface area contributed by atoms with Gasteiger partial charge in [0.2, 0.25) is 5.91 Å². The Kier molecular flexibility index (Phi) is 9.75. The molecule has 0 aliphatic carbocycles. The Morgan fingerprint density at radius 1 is 1.43 bits per heavy atom. The van der Waals surface area contributed by atoms with Crippen molar-refractivity contribution < 1.29 is 13.9 Å². The summed E-state index contributed by atoms with van der Waals surface area (Å²) in [4.78, 5) is 11.7. The Bertz CT molecular complexity index is 432. The highest BCUT2D eigenvalue weighted by molar-refractivity contribution is 5.85. The van der Waals surface area contributed by atoms with Crippen LogP contribution >= 0.6 is 12.4 Å². The number of hydrogen-bond donors (Lipinski definition) is 2. The lowest BCUT2D eigenvalue weighted by Gasteiger charge is -2.19. The molecule has 0 saturated carbocycles. The zero-order chi connectivity index (χ0) is 15.0. The molecule has 1 amide bonds. The lowest BCUT2D eigenvalue weighted by atomic mass is 10.1. The standard InChI is InChI=1S/C15H23FN2O2.ClH/c1-3-6-14(17)15(19)18-10-12(4-2)20-13-8-5-7-11(16)9-13;/h5,7-9,12,14H,3-4,6,10,17H2,1-2H3,(H,18,19);1H. The van der Waals surface area contributed by atoms with Crippen molar-refractivity contribution in [2.75, 3.05) is 6.54 Å². The maximum Gasteiger partial charge on any atom is 0.237 e. The lowest BCUT2D eigenvalue weighted by molar-refractivity contribution is -0.122. The summed E-state index contributed by atoms with van der Waals surface area (Å²) in [5, 5.41) is 2.77. The van der Waals surface area contributed by atoms with Crippen molar-refractivity contribution >= 4 is 18.3 Å².